The first-order valence-corrected chi connectivity index (χ1v) is 5.83. The third kappa shape index (κ3) is 2.47. The number of hydrogen-bond donors (Lipinski definition) is 2. The minimum Gasteiger partial charge on any atom is -0.387 e. The van der Waals surface area contributed by atoms with Gasteiger partial charge < -0.3 is 15.3 Å². The summed E-state index contributed by atoms with van der Waals surface area (Å²) in [6.45, 7) is 7.28. The van der Waals surface area contributed by atoms with Gasteiger partial charge in [-0.15, -0.1) is 0 Å². The Kier molecular flexibility index (Phi) is 3.10. The molecular weight excluding hydrogens is 176 g/mol. The summed E-state index contributed by atoms with van der Waals surface area (Å²) in [5.74, 6) is 0.877. The maximum Gasteiger partial charge on any atom is 0.0909 e. The Balaban J connectivity index is 1.79. The Labute approximate surface area is 86.5 Å². The van der Waals surface area contributed by atoms with Crippen LogP contribution in [0.25, 0.3) is 0 Å². The van der Waals surface area contributed by atoms with Crippen molar-refractivity contribution in [3.8, 4) is 0 Å². The maximum atomic E-state index is 10.2. The van der Waals surface area contributed by atoms with E-state index in [-0.39, 0.29) is 0 Å². The molecule has 2 aliphatic heterocycles. The summed E-state index contributed by atoms with van der Waals surface area (Å²) in [7, 11) is 0. The minimum absolute atomic E-state index is 0.444. The molecule has 0 spiro atoms. The molecule has 2 saturated heterocycles. The van der Waals surface area contributed by atoms with Crippen molar-refractivity contribution in [2.45, 2.75) is 31.8 Å². The van der Waals surface area contributed by atoms with E-state index in [1.54, 1.807) is 0 Å². The van der Waals surface area contributed by atoms with E-state index in [4.69, 9.17) is 0 Å². The zero-order valence-electron chi connectivity index (χ0n) is 9.13. The number of hydrogen-bond acceptors (Lipinski definition) is 3. The van der Waals surface area contributed by atoms with Gasteiger partial charge in [-0.25, -0.2) is 0 Å². The second-order valence-corrected chi connectivity index (χ2v) is 5.11. The van der Waals surface area contributed by atoms with E-state index < -0.39 is 5.60 Å². The van der Waals surface area contributed by atoms with E-state index in [0.717, 1.165) is 32.0 Å². The Morgan fingerprint density at radius 3 is 2.71 bits per heavy atom. The SMILES string of the molecule is CC1CCN(CC2(O)CCNC2)CC1. The second kappa shape index (κ2) is 4.17. The first-order chi connectivity index (χ1) is 6.68. The molecule has 2 fully saturated rings. The molecule has 14 heavy (non-hydrogen) atoms. The topological polar surface area (TPSA) is 35.5 Å². The summed E-state index contributed by atoms with van der Waals surface area (Å²) in [5, 5.41) is 13.4. The van der Waals surface area contributed by atoms with Gasteiger partial charge in [-0.3, -0.25) is 0 Å². The monoisotopic (exact) mass is 198 g/mol. The molecule has 0 aliphatic carbocycles. The number of rotatable bonds is 2. The molecule has 0 aromatic rings. The fourth-order valence-corrected chi connectivity index (χ4v) is 2.50. The van der Waals surface area contributed by atoms with E-state index >= 15 is 0 Å². The highest BCUT2D eigenvalue weighted by Crippen LogP contribution is 2.21. The molecule has 0 amide bonds. The van der Waals surface area contributed by atoms with Gasteiger partial charge in [-0.05, 0) is 44.8 Å². The van der Waals surface area contributed by atoms with Gasteiger partial charge in [0.15, 0.2) is 0 Å². The molecule has 2 rings (SSSR count). The van der Waals surface area contributed by atoms with Gasteiger partial charge in [-0.1, -0.05) is 6.92 Å². The van der Waals surface area contributed by atoms with Gasteiger partial charge in [0, 0.05) is 13.1 Å². The van der Waals surface area contributed by atoms with Gasteiger partial charge >= 0.3 is 0 Å². The summed E-state index contributed by atoms with van der Waals surface area (Å²) >= 11 is 0. The summed E-state index contributed by atoms with van der Waals surface area (Å²) in [4.78, 5) is 2.42. The van der Waals surface area contributed by atoms with Gasteiger partial charge in [0.25, 0.3) is 0 Å². The van der Waals surface area contributed by atoms with Gasteiger partial charge in [-0.2, -0.15) is 0 Å². The van der Waals surface area contributed by atoms with Crippen molar-refractivity contribution in [2.24, 2.45) is 5.92 Å². The van der Waals surface area contributed by atoms with Crippen molar-refractivity contribution >= 4 is 0 Å². The third-order valence-electron chi connectivity index (χ3n) is 3.62. The molecule has 2 N–H and O–H groups in total. The van der Waals surface area contributed by atoms with Crippen molar-refractivity contribution in [3.63, 3.8) is 0 Å². The average Bonchev–Trinajstić information content (AvgIpc) is 2.57. The molecule has 3 nitrogen and oxygen atoms in total. The number of nitrogens with zero attached hydrogens (tertiary/aromatic N) is 1. The predicted octanol–water partition coefficient (Wildman–Crippen LogP) is 0.443. The van der Waals surface area contributed by atoms with E-state index in [0.29, 0.717) is 0 Å². The quantitative estimate of drug-likeness (QED) is 0.676. The summed E-state index contributed by atoms with van der Waals surface area (Å²) in [6.07, 6.45) is 3.51. The first-order valence-electron chi connectivity index (χ1n) is 5.83. The maximum absolute atomic E-state index is 10.2. The molecular formula is C11H22N2O. The molecule has 0 aromatic carbocycles. The number of β-amino-alcohol motifs (C(OH)–C–C–N with tert-alkyl or cyclic N) is 1. The smallest absolute Gasteiger partial charge is 0.0909 e. The molecule has 2 aliphatic rings. The Hall–Kier alpha value is -0.120. The van der Waals surface area contributed by atoms with Crippen molar-refractivity contribution in [1.82, 2.24) is 10.2 Å². The van der Waals surface area contributed by atoms with Crippen molar-refractivity contribution in [1.29, 1.82) is 0 Å². The molecule has 2 heterocycles. The lowest BCUT2D eigenvalue weighted by atomic mass is 9.96. The van der Waals surface area contributed by atoms with E-state index in [2.05, 4.69) is 17.1 Å². The van der Waals surface area contributed by atoms with Crippen LogP contribution in [-0.4, -0.2) is 48.3 Å². The molecule has 82 valence electrons. The number of piperidine rings is 1. The van der Waals surface area contributed by atoms with Gasteiger partial charge in [0.1, 0.15) is 0 Å². The third-order valence-corrected chi connectivity index (χ3v) is 3.62. The molecule has 3 heteroatoms. The average molecular weight is 198 g/mol. The van der Waals surface area contributed by atoms with Crippen LogP contribution in [0.2, 0.25) is 0 Å². The molecule has 0 bridgehead atoms. The summed E-state index contributed by atoms with van der Waals surface area (Å²) < 4.78 is 0. The summed E-state index contributed by atoms with van der Waals surface area (Å²) in [6, 6.07) is 0. The van der Waals surface area contributed by atoms with Gasteiger partial charge in [0.2, 0.25) is 0 Å². The highest BCUT2D eigenvalue weighted by atomic mass is 16.3. The van der Waals surface area contributed by atoms with E-state index in [1.807, 2.05) is 0 Å². The highest BCUT2D eigenvalue weighted by Gasteiger charge is 2.33. The largest absolute Gasteiger partial charge is 0.387 e. The standard InChI is InChI=1S/C11H22N2O/c1-10-2-6-13(7-3-10)9-11(14)4-5-12-8-11/h10,12,14H,2-9H2,1H3. The van der Waals surface area contributed by atoms with Crippen LogP contribution in [0.15, 0.2) is 0 Å². The van der Waals surface area contributed by atoms with Crippen molar-refractivity contribution in [3.05, 3.63) is 0 Å². The van der Waals surface area contributed by atoms with Crippen LogP contribution in [0.5, 0.6) is 0 Å². The lowest BCUT2D eigenvalue weighted by Crippen LogP contribution is -2.47. The lowest BCUT2D eigenvalue weighted by molar-refractivity contribution is 0.0115. The van der Waals surface area contributed by atoms with Crippen LogP contribution in [0.4, 0.5) is 0 Å². The number of aliphatic hydroxyl groups is 1. The Morgan fingerprint density at radius 2 is 2.14 bits per heavy atom. The first kappa shape index (κ1) is 10.4. The summed E-state index contributed by atoms with van der Waals surface area (Å²) in [5.41, 5.74) is -0.444. The van der Waals surface area contributed by atoms with E-state index in [1.165, 1.54) is 25.9 Å². The van der Waals surface area contributed by atoms with E-state index in [9.17, 15) is 5.11 Å². The fourth-order valence-electron chi connectivity index (χ4n) is 2.50. The van der Waals surface area contributed by atoms with Gasteiger partial charge in [0.05, 0.1) is 5.60 Å². The van der Waals surface area contributed by atoms with Crippen molar-refractivity contribution < 1.29 is 5.11 Å². The van der Waals surface area contributed by atoms with Crippen LogP contribution in [0.1, 0.15) is 26.2 Å². The molecule has 1 atom stereocenters. The fraction of sp³-hybridized carbons (Fsp3) is 1.00. The van der Waals surface area contributed by atoms with Crippen LogP contribution < -0.4 is 5.32 Å². The molecule has 0 radical (unpaired) electrons. The highest BCUT2D eigenvalue weighted by molar-refractivity contribution is 4.91. The predicted molar refractivity (Wildman–Crippen MR) is 57.3 cm³/mol. The lowest BCUT2D eigenvalue weighted by Gasteiger charge is -2.35. The van der Waals surface area contributed by atoms with Crippen LogP contribution >= 0.6 is 0 Å². The number of likely N-dealkylation sites (tertiary alicyclic amines) is 1. The number of nitrogens with one attached hydrogen (secondary N) is 1. The minimum atomic E-state index is -0.444. The van der Waals surface area contributed by atoms with Crippen LogP contribution in [-0.2, 0) is 0 Å². The zero-order valence-corrected chi connectivity index (χ0v) is 9.13. The molecule has 1 unspecified atom stereocenters. The second-order valence-electron chi connectivity index (χ2n) is 5.11. The normalized spacial score (nSPS) is 36.4. The Morgan fingerprint density at radius 1 is 1.43 bits per heavy atom. The Bertz CT molecular complexity index is 182. The van der Waals surface area contributed by atoms with Crippen molar-refractivity contribution in [2.75, 3.05) is 32.7 Å². The van der Waals surface area contributed by atoms with Crippen LogP contribution in [0, 0.1) is 5.92 Å². The molecule has 0 saturated carbocycles. The van der Waals surface area contributed by atoms with Crippen LogP contribution in [0.3, 0.4) is 0 Å². The zero-order chi connectivity index (χ0) is 10.0. The molecule has 0 aromatic heterocycles.